The molecule has 0 bridgehead atoms. The van der Waals surface area contributed by atoms with Crippen molar-refractivity contribution in [1.82, 2.24) is 0 Å². The number of hydrogen-bond donors (Lipinski definition) is 1. The van der Waals surface area contributed by atoms with E-state index in [-0.39, 0.29) is 6.10 Å². The van der Waals surface area contributed by atoms with Crippen LogP contribution in [-0.4, -0.2) is 26.1 Å². The molecular formula is C16H34O2Si. The third-order valence-corrected chi connectivity index (χ3v) is 8.68. The lowest BCUT2D eigenvalue weighted by Gasteiger charge is -2.36. The van der Waals surface area contributed by atoms with Gasteiger partial charge in [0.2, 0.25) is 0 Å². The summed E-state index contributed by atoms with van der Waals surface area (Å²) < 4.78 is 6.14. The summed E-state index contributed by atoms with van der Waals surface area (Å²) in [6.07, 6.45) is 7.85. The van der Waals surface area contributed by atoms with E-state index in [4.69, 9.17) is 4.43 Å². The van der Waals surface area contributed by atoms with Gasteiger partial charge in [-0.3, -0.25) is 0 Å². The molecule has 2 nitrogen and oxygen atoms in total. The highest BCUT2D eigenvalue weighted by Gasteiger charge is 2.36. The molecule has 0 heterocycles. The van der Waals surface area contributed by atoms with E-state index in [1.807, 2.05) is 0 Å². The first kappa shape index (κ1) is 18.9. The van der Waals surface area contributed by atoms with Crippen LogP contribution in [0.5, 0.6) is 0 Å². The second-order valence-electron chi connectivity index (χ2n) is 6.99. The van der Waals surface area contributed by atoms with Crippen LogP contribution in [0.25, 0.3) is 0 Å². The lowest BCUT2D eigenvalue weighted by atomic mass is 10.1. The molecule has 0 aromatic carbocycles. The Bertz CT molecular complexity index is 244. The molecule has 3 heteroatoms. The minimum atomic E-state index is -1.55. The summed E-state index contributed by atoms with van der Waals surface area (Å²) in [5, 5.41) is 9.87. The van der Waals surface area contributed by atoms with Crippen molar-refractivity contribution in [3.05, 3.63) is 12.7 Å². The summed E-state index contributed by atoms with van der Waals surface area (Å²) in [6, 6.07) is 0. The van der Waals surface area contributed by atoms with Crippen molar-refractivity contribution in [3.63, 3.8) is 0 Å². The highest BCUT2D eigenvalue weighted by atomic mass is 28.4. The first-order valence-electron chi connectivity index (χ1n) is 7.63. The molecule has 1 atom stereocenters. The maximum absolute atomic E-state index is 9.56. The van der Waals surface area contributed by atoms with Gasteiger partial charge in [0.25, 0.3) is 0 Å². The Kier molecular flexibility index (Phi) is 8.87. The molecule has 0 aliphatic heterocycles. The van der Waals surface area contributed by atoms with Crippen molar-refractivity contribution in [1.29, 1.82) is 0 Å². The molecule has 0 saturated carbocycles. The number of aliphatic hydroxyl groups is 1. The van der Waals surface area contributed by atoms with Crippen molar-refractivity contribution in [2.75, 3.05) is 6.61 Å². The summed E-state index contributed by atoms with van der Waals surface area (Å²) in [5.41, 5.74) is 0. The molecule has 0 aromatic rings. The Morgan fingerprint density at radius 1 is 1.16 bits per heavy atom. The van der Waals surface area contributed by atoms with Gasteiger partial charge in [-0.05, 0) is 37.4 Å². The predicted octanol–water partition coefficient (Wildman–Crippen LogP) is 4.90. The summed E-state index contributed by atoms with van der Waals surface area (Å²) >= 11 is 0. The fourth-order valence-electron chi connectivity index (χ4n) is 1.69. The maximum atomic E-state index is 9.56. The number of unbranched alkanes of at least 4 members (excludes halogenated alkanes) is 3. The normalized spacial score (nSPS) is 14.4. The van der Waals surface area contributed by atoms with Crippen molar-refractivity contribution in [2.24, 2.45) is 0 Å². The van der Waals surface area contributed by atoms with Crippen LogP contribution in [-0.2, 0) is 4.43 Å². The van der Waals surface area contributed by atoms with Crippen LogP contribution in [0.4, 0.5) is 0 Å². The van der Waals surface area contributed by atoms with E-state index < -0.39 is 8.32 Å². The van der Waals surface area contributed by atoms with Crippen molar-refractivity contribution >= 4 is 8.32 Å². The Balaban J connectivity index is 3.54. The molecule has 1 N–H and O–H groups in total. The number of aliphatic hydroxyl groups excluding tert-OH is 1. The van der Waals surface area contributed by atoms with E-state index in [1.54, 1.807) is 6.08 Å². The molecule has 0 spiro atoms. The minimum Gasteiger partial charge on any atom is -0.417 e. The molecule has 0 amide bonds. The fourth-order valence-corrected chi connectivity index (χ4v) is 2.78. The third-order valence-electron chi connectivity index (χ3n) is 4.14. The number of hydrogen-bond acceptors (Lipinski definition) is 2. The molecule has 0 radical (unpaired) electrons. The number of rotatable bonds is 10. The van der Waals surface area contributed by atoms with E-state index in [2.05, 4.69) is 40.4 Å². The zero-order valence-electron chi connectivity index (χ0n) is 13.7. The fraction of sp³-hybridized carbons (Fsp3) is 0.875. The van der Waals surface area contributed by atoms with Gasteiger partial charge in [-0.1, -0.05) is 46.1 Å². The van der Waals surface area contributed by atoms with Crippen LogP contribution in [0.1, 0.15) is 59.3 Å². The maximum Gasteiger partial charge on any atom is 0.191 e. The molecule has 114 valence electrons. The lowest BCUT2D eigenvalue weighted by molar-refractivity contribution is 0.163. The summed E-state index contributed by atoms with van der Waals surface area (Å²) in [7, 11) is -1.55. The Labute approximate surface area is 121 Å². The van der Waals surface area contributed by atoms with Crippen molar-refractivity contribution in [2.45, 2.75) is 83.5 Å². The highest BCUT2D eigenvalue weighted by molar-refractivity contribution is 6.74. The summed E-state index contributed by atoms with van der Waals surface area (Å²) in [5.74, 6) is 0. The largest absolute Gasteiger partial charge is 0.417 e. The van der Waals surface area contributed by atoms with Gasteiger partial charge in [0.05, 0.1) is 6.10 Å². The first-order chi connectivity index (χ1) is 8.70. The third kappa shape index (κ3) is 8.61. The van der Waals surface area contributed by atoms with Gasteiger partial charge in [-0.25, -0.2) is 0 Å². The Hall–Kier alpha value is -0.123. The molecule has 0 aliphatic rings. The van der Waals surface area contributed by atoms with Gasteiger partial charge in [-0.2, -0.15) is 0 Å². The zero-order chi connectivity index (χ0) is 14.9. The molecule has 19 heavy (non-hydrogen) atoms. The van der Waals surface area contributed by atoms with Crippen LogP contribution in [0.15, 0.2) is 12.7 Å². The average molecular weight is 287 g/mol. The Morgan fingerprint density at radius 3 is 2.26 bits per heavy atom. The van der Waals surface area contributed by atoms with Crippen LogP contribution < -0.4 is 0 Å². The van der Waals surface area contributed by atoms with E-state index in [9.17, 15) is 5.11 Å². The van der Waals surface area contributed by atoms with E-state index >= 15 is 0 Å². The second kappa shape index (κ2) is 8.93. The van der Waals surface area contributed by atoms with Gasteiger partial charge >= 0.3 is 0 Å². The Morgan fingerprint density at radius 2 is 1.74 bits per heavy atom. The topological polar surface area (TPSA) is 29.5 Å². The summed E-state index contributed by atoms with van der Waals surface area (Å²) in [4.78, 5) is 0. The summed E-state index contributed by atoms with van der Waals surface area (Å²) in [6.45, 7) is 16.0. The van der Waals surface area contributed by atoms with Gasteiger partial charge in [0, 0.05) is 6.61 Å². The second-order valence-corrected chi connectivity index (χ2v) is 11.8. The lowest BCUT2D eigenvalue weighted by Crippen LogP contribution is -2.40. The standard InChI is InChI=1S/C16H34O2Si/c1-7-12-15(17)13-10-8-9-11-14-18-19(5,6)16(2,3)4/h7,15,17H,1,8-14H2,2-6H3/t15-/m1/s1. The average Bonchev–Trinajstić information content (AvgIpc) is 2.26. The molecule has 0 aromatic heterocycles. The molecule has 0 unspecified atom stereocenters. The zero-order valence-corrected chi connectivity index (χ0v) is 14.7. The van der Waals surface area contributed by atoms with Crippen LogP contribution in [0.2, 0.25) is 18.1 Å². The van der Waals surface area contributed by atoms with Crippen molar-refractivity contribution in [3.8, 4) is 0 Å². The minimum absolute atomic E-state index is 0.194. The van der Waals surface area contributed by atoms with Gasteiger partial charge in [0.1, 0.15) is 0 Å². The quantitative estimate of drug-likeness (QED) is 0.352. The smallest absolute Gasteiger partial charge is 0.191 e. The van der Waals surface area contributed by atoms with E-state index in [0.717, 1.165) is 25.9 Å². The molecule has 0 rings (SSSR count). The predicted molar refractivity (Wildman–Crippen MR) is 87.1 cm³/mol. The monoisotopic (exact) mass is 286 g/mol. The van der Waals surface area contributed by atoms with Gasteiger partial charge in [0.15, 0.2) is 8.32 Å². The van der Waals surface area contributed by atoms with Gasteiger partial charge in [-0.15, -0.1) is 6.58 Å². The van der Waals surface area contributed by atoms with Crippen LogP contribution in [0, 0.1) is 0 Å². The van der Waals surface area contributed by atoms with Crippen molar-refractivity contribution < 1.29 is 9.53 Å². The molecular weight excluding hydrogens is 252 g/mol. The molecule has 0 fully saturated rings. The van der Waals surface area contributed by atoms with Crippen LogP contribution in [0.3, 0.4) is 0 Å². The van der Waals surface area contributed by atoms with Crippen LogP contribution >= 0.6 is 0 Å². The highest BCUT2D eigenvalue weighted by Crippen LogP contribution is 2.36. The van der Waals surface area contributed by atoms with E-state index in [1.165, 1.54) is 12.8 Å². The molecule has 0 aliphatic carbocycles. The van der Waals surface area contributed by atoms with E-state index in [0.29, 0.717) is 11.5 Å². The molecule has 0 saturated heterocycles. The van der Waals surface area contributed by atoms with Gasteiger partial charge < -0.3 is 9.53 Å². The first-order valence-corrected chi connectivity index (χ1v) is 10.5. The SMILES string of the molecule is C=CC[C@@H](O)CCCCCCO[Si](C)(C)C(C)(C)C.